The predicted molar refractivity (Wildman–Crippen MR) is 77.2 cm³/mol. The number of carboxylic acid groups (broad SMARTS) is 1. The minimum atomic E-state index is -1.23. The molecule has 0 saturated heterocycles. The maximum absolute atomic E-state index is 13.2. The van der Waals surface area contributed by atoms with Crippen LogP contribution in [0.2, 0.25) is 0 Å². The van der Waals surface area contributed by atoms with Gasteiger partial charge in [-0.3, -0.25) is 4.79 Å². The third-order valence-electron chi connectivity index (χ3n) is 2.94. The molecule has 0 saturated carbocycles. The molecule has 2 aromatic rings. The smallest absolute Gasteiger partial charge is 0.337 e. The third kappa shape index (κ3) is 3.45. The van der Waals surface area contributed by atoms with E-state index in [0.717, 1.165) is 29.3 Å². The molecular weight excluding hydrogens is 273 g/mol. The van der Waals surface area contributed by atoms with Gasteiger partial charge in [0.25, 0.3) is 5.91 Å². The topological polar surface area (TPSA) is 66.4 Å². The van der Waals surface area contributed by atoms with Crippen LogP contribution < -0.4 is 5.32 Å². The summed E-state index contributed by atoms with van der Waals surface area (Å²) in [4.78, 5) is 23.3. The number of hydrogen-bond donors (Lipinski definition) is 2. The maximum Gasteiger partial charge on any atom is 0.337 e. The summed E-state index contributed by atoms with van der Waals surface area (Å²) >= 11 is 0. The molecular formula is C16H14FNO3. The molecule has 0 atom stereocenters. The molecule has 4 nitrogen and oxygen atoms in total. The maximum atomic E-state index is 13.2. The van der Waals surface area contributed by atoms with Crippen LogP contribution in [-0.4, -0.2) is 17.0 Å². The quantitative estimate of drug-likeness (QED) is 0.909. The van der Waals surface area contributed by atoms with Crippen LogP contribution in [-0.2, 0) is 0 Å². The molecule has 0 aliphatic carbocycles. The average molecular weight is 287 g/mol. The number of aryl methyl sites for hydroxylation is 2. The molecule has 2 aromatic carbocycles. The van der Waals surface area contributed by atoms with Crippen LogP contribution in [0.1, 0.15) is 31.8 Å². The van der Waals surface area contributed by atoms with Gasteiger partial charge in [-0.25, -0.2) is 9.18 Å². The van der Waals surface area contributed by atoms with Crippen molar-refractivity contribution in [3.63, 3.8) is 0 Å². The molecule has 0 heterocycles. The van der Waals surface area contributed by atoms with Crippen molar-refractivity contribution >= 4 is 17.6 Å². The van der Waals surface area contributed by atoms with Crippen molar-refractivity contribution < 1.29 is 19.1 Å². The zero-order valence-corrected chi connectivity index (χ0v) is 11.6. The summed E-state index contributed by atoms with van der Waals surface area (Å²) in [5.41, 5.74) is 2.00. The molecule has 5 heteroatoms. The Morgan fingerprint density at radius 2 is 1.67 bits per heavy atom. The molecule has 21 heavy (non-hydrogen) atoms. The Bertz CT molecular complexity index is 705. The van der Waals surface area contributed by atoms with E-state index in [1.807, 2.05) is 19.9 Å². The third-order valence-corrected chi connectivity index (χ3v) is 2.94. The fraction of sp³-hybridized carbons (Fsp3) is 0.125. The fourth-order valence-corrected chi connectivity index (χ4v) is 2.11. The number of carboxylic acids is 1. The summed E-state index contributed by atoms with van der Waals surface area (Å²) in [7, 11) is 0. The molecule has 2 rings (SSSR count). The van der Waals surface area contributed by atoms with Crippen molar-refractivity contribution in [2.24, 2.45) is 0 Å². The van der Waals surface area contributed by atoms with Crippen LogP contribution in [0.5, 0.6) is 0 Å². The Morgan fingerprint density at radius 1 is 1.05 bits per heavy atom. The second-order valence-electron chi connectivity index (χ2n) is 4.83. The van der Waals surface area contributed by atoms with Crippen LogP contribution in [0.4, 0.5) is 10.1 Å². The van der Waals surface area contributed by atoms with Gasteiger partial charge < -0.3 is 10.4 Å². The van der Waals surface area contributed by atoms with Gasteiger partial charge in [-0.2, -0.15) is 0 Å². The number of nitrogens with one attached hydrogen (secondary N) is 1. The number of hydrogen-bond acceptors (Lipinski definition) is 2. The Morgan fingerprint density at radius 3 is 2.24 bits per heavy atom. The first-order chi connectivity index (χ1) is 9.86. The van der Waals surface area contributed by atoms with Gasteiger partial charge in [-0.05, 0) is 44.2 Å². The lowest BCUT2D eigenvalue weighted by Gasteiger charge is -2.10. The van der Waals surface area contributed by atoms with Gasteiger partial charge in [-0.1, -0.05) is 17.2 Å². The van der Waals surface area contributed by atoms with Gasteiger partial charge in [0.1, 0.15) is 5.82 Å². The fourth-order valence-electron chi connectivity index (χ4n) is 2.11. The van der Waals surface area contributed by atoms with Crippen molar-refractivity contribution in [2.45, 2.75) is 13.8 Å². The molecule has 0 fully saturated rings. The minimum absolute atomic E-state index is 0.0633. The lowest BCUT2D eigenvalue weighted by molar-refractivity contribution is 0.0698. The van der Waals surface area contributed by atoms with Gasteiger partial charge in [0.2, 0.25) is 0 Å². The van der Waals surface area contributed by atoms with Crippen LogP contribution in [0, 0.1) is 19.7 Å². The first-order valence-electron chi connectivity index (χ1n) is 6.29. The highest BCUT2D eigenvalue weighted by Gasteiger charge is 2.14. The molecule has 0 unspecified atom stereocenters. The summed E-state index contributed by atoms with van der Waals surface area (Å²) in [6.07, 6.45) is 0. The second kappa shape index (κ2) is 5.75. The lowest BCUT2D eigenvalue weighted by Crippen LogP contribution is -2.15. The standard InChI is InChI=1S/C16H14FNO3/c1-9-5-10(2)7-11(6-9)15(19)18-14-8-12(17)3-4-13(14)16(20)21/h3-8H,1-2H3,(H,18,19)(H,20,21). The van der Waals surface area contributed by atoms with Crippen LogP contribution in [0.25, 0.3) is 0 Å². The highest BCUT2D eigenvalue weighted by molar-refractivity contribution is 6.07. The zero-order chi connectivity index (χ0) is 15.6. The van der Waals surface area contributed by atoms with Crippen molar-refractivity contribution in [1.29, 1.82) is 0 Å². The molecule has 0 spiro atoms. The molecule has 0 aliphatic rings. The summed E-state index contributed by atoms with van der Waals surface area (Å²) in [6.45, 7) is 3.71. The van der Waals surface area contributed by atoms with Gasteiger partial charge in [-0.15, -0.1) is 0 Å². The number of aromatic carboxylic acids is 1. The number of anilines is 1. The SMILES string of the molecule is Cc1cc(C)cc(C(=O)Nc2cc(F)ccc2C(=O)O)c1. The van der Waals surface area contributed by atoms with Crippen LogP contribution >= 0.6 is 0 Å². The van der Waals surface area contributed by atoms with E-state index in [1.54, 1.807) is 12.1 Å². The summed E-state index contributed by atoms with van der Waals surface area (Å²) in [5, 5.41) is 11.5. The van der Waals surface area contributed by atoms with Gasteiger partial charge in [0.15, 0.2) is 0 Å². The first kappa shape index (κ1) is 14.7. The van der Waals surface area contributed by atoms with E-state index in [2.05, 4.69) is 5.32 Å². The highest BCUT2D eigenvalue weighted by atomic mass is 19.1. The average Bonchev–Trinajstić information content (AvgIpc) is 2.37. The predicted octanol–water partition coefficient (Wildman–Crippen LogP) is 3.39. The van der Waals surface area contributed by atoms with Crippen LogP contribution in [0.3, 0.4) is 0 Å². The van der Waals surface area contributed by atoms with Gasteiger partial charge in [0, 0.05) is 5.56 Å². The molecule has 0 bridgehead atoms. The van der Waals surface area contributed by atoms with E-state index in [-0.39, 0.29) is 11.3 Å². The largest absolute Gasteiger partial charge is 0.478 e. The van der Waals surface area contributed by atoms with Gasteiger partial charge in [0.05, 0.1) is 11.3 Å². The summed E-state index contributed by atoms with van der Waals surface area (Å²) < 4.78 is 13.2. The van der Waals surface area contributed by atoms with Crippen LogP contribution in [0.15, 0.2) is 36.4 Å². The molecule has 0 aromatic heterocycles. The number of carbonyl (C=O) groups excluding carboxylic acids is 1. The first-order valence-corrected chi connectivity index (χ1v) is 6.29. The minimum Gasteiger partial charge on any atom is -0.478 e. The zero-order valence-electron chi connectivity index (χ0n) is 11.6. The van der Waals surface area contributed by atoms with Crippen molar-refractivity contribution in [3.8, 4) is 0 Å². The summed E-state index contributed by atoms with van der Waals surface area (Å²) in [5.74, 6) is -2.32. The Kier molecular flexibility index (Phi) is 4.03. The van der Waals surface area contributed by atoms with Crippen molar-refractivity contribution in [3.05, 3.63) is 64.5 Å². The van der Waals surface area contributed by atoms with Gasteiger partial charge >= 0.3 is 5.97 Å². The normalized spacial score (nSPS) is 10.2. The number of rotatable bonds is 3. The Labute approximate surface area is 121 Å². The monoisotopic (exact) mass is 287 g/mol. The van der Waals surface area contributed by atoms with E-state index in [1.165, 1.54) is 0 Å². The molecule has 1 amide bonds. The molecule has 0 radical (unpaired) electrons. The van der Waals surface area contributed by atoms with Crippen molar-refractivity contribution in [2.75, 3.05) is 5.32 Å². The number of halogens is 1. The van der Waals surface area contributed by atoms with E-state index in [9.17, 15) is 14.0 Å². The van der Waals surface area contributed by atoms with E-state index >= 15 is 0 Å². The Balaban J connectivity index is 2.35. The van der Waals surface area contributed by atoms with E-state index in [4.69, 9.17) is 5.11 Å². The second-order valence-corrected chi connectivity index (χ2v) is 4.83. The summed E-state index contributed by atoms with van der Waals surface area (Å²) in [6, 6.07) is 8.43. The van der Waals surface area contributed by atoms with E-state index < -0.39 is 17.7 Å². The number of carbonyl (C=O) groups is 2. The van der Waals surface area contributed by atoms with E-state index in [0.29, 0.717) is 5.56 Å². The molecule has 2 N–H and O–H groups in total. The molecule has 108 valence electrons. The number of benzene rings is 2. The van der Waals surface area contributed by atoms with Crippen molar-refractivity contribution in [1.82, 2.24) is 0 Å². The number of amides is 1. The molecule has 0 aliphatic heterocycles. The Hall–Kier alpha value is -2.69. The lowest BCUT2D eigenvalue weighted by atomic mass is 10.1. The highest BCUT2D eigenvalue weighted by Crippen LogP contribution is 2.19.